The summed E-state index contributed by atoms with van der Waals surface area (Å²) in [5.74, 6) is -0.0528. The van der Waals surface area contributed by atoms with Gasteiger partial charge in [-0.1, -0.05) is 47.5 Å². The quantitative estimate of drug-likeness (QED) is 0.173. The Bertz CT molecular complexity index is 2090. The van der Waals surface area contributed by atoms with Gasteiger partial charge in [0.1, 0.15) is 17.9 Å². The molecule has 4 aromatic carbocycles. The maximum Gasteiger partial charge on any atom is 0.335 e. The fourth-order valence-electron chi connectivity index (χ4n) is 4.36. The van der Waals surface area contributed by atoms with Gasteiger partial charge in [-0.05, 0) is 82.2 Å². The molecule has 2 aromatic heterocycles. The predicted molar refractivity (Wildman–Crippen MR) is 166 cm³/mol. The summed E-state index contributed by atoms with van der Waals surface area (Å²) in [7, 11) is 0. The van der Waals surface area contributed by atoms with Crippen LogP contribution in [-0.4, -0.2) is 27.0 Å². The van der Waals surface area contributed by atoms with Crippen LogP contribution in [0.5, 0.6) is 5.75 Å². The minimum atomic E-state index is -1.01. The van der Waals surface area contributed by atoms with Crippen LogP contribution in [0.3, 0.4) is 0 Å². The Hall–Kier alpha value is -4.44. The molecule has 8 nitrogen and oxygen atoms in total. The molecular weight excluding hydrogens is 645 g/mol. The van der Waals surface area contributed by atoms with Gasteiger partial charge in [0, 0.05) is 21.0 Å². The number of hydrogen-bond donors (Lipinski definition) is 1. The summed E-state index contributed by atoms with van der Waals surface area (Å²) < 4.78 is 13.9. The SMILES string of the molecule is O=C(O)c1ccc(COc2c(Br)cc(Cl)cc2C=Nn2c(-c3cc4cc(Cl)ccc4o3)nc3ccccc3c2=O)cc1. The van der Waals surface area contributed by atoms with Gasteiger partial charge in [0.15, 0.2) is 5.76 Å². The summed E-state index contributed by atoms with van der Waals surface area (Å²) in [4.78, 5) is 29.5. The Morgan fingerprint density at radius 1 is 1.02 bits per heavy atom. The van der Waals surface area contributed by atoms with Crippen molar-refractivity contribution in [2.45, 2.75) is 6.61 Å². The second-order valence-corrected chi connectivity index (χ2v) is 10.9. The maximum atomic E-state index is 13.7. The van der Waals surface area contributed by atoms with E-state index in [4.69, 9.17) is 42.4 Å². The molecular formula is C31H18BrCl2N3O5. The molecule has 0 amide bonds. The lowest BCUT2D eigenvalue weighted by molar-refractivity contribution is 0.0697. The molecule has 6 aromatic rings. The number of rotatable bonds is 7. The Kier molecular flexibility index (Phi) is 7.55. The second-order valence-electron chi connectivity index (χ2n) is 9.20. The molecule has 0 radical (unpaired) electrons. The number of carboxylic acids is 1. The molecule has 0 atom stereocenters. The Labute approximate surface area is 256 Å². The molecule has 2 heterocycles. The van der Waals surface area contributed by atoms with Gasteiger partial charge in [0.2, 0.25) is 5.82 Å². The molecule has 0 unspecified atom stereocenters. The first-order valence-electron chi connectivity index (χ1n) is 12.5. The molecule has 0 fully saturated rings. The van der Waals surface area contributed by atoms with Crippen molar-refractivity contribution in [2.24, 2.45) is 5.10 Å². The average Bonchev–Trinajstić information content (AvgIpc) is 3.39. The third kappa shape index (κ3) is 5.54. The fraction of sp³-hybridized carbons (Fsp3) is 0.0323. The van der Waals surface area contributed by atoms with Crippen LogP contribution in [0.1, 0.15) is 21.5 Å². The van der Waals surface area contributed by atoms with E-state index in [2.05, 4.69) is 21.0 Å². The number of aromatic nitrogens is 2. The highest BCUT2D eigenvalue weighted by molar-refractivity contribution is 9.10. The van der Waals surface area contributed by atoms with Gasteiger partial charge in [-0.25, -0.2) is 9.78 Å². The standard InChI is InChI=1S/C31H18BrCl2N3O5/c32-24-14-22(34)12-20(28(24)41-16-17-5-7-18(8-6-17)31(39)40)15-35-37-29(36-25-4-2-1-3-23(25)30(37)38)27-13-19-11-21(33)9-10-26(19)42-27/h1-15H,16H2,(H,39,40). The van der Waals surface area contributed by atoms with Gasteiger partial charge < -0.3 is 14.3 Å². The smallest absolute Gasteiger partial charge is 0.335 e. The minimum absolute atomic E-state index is 0.144. The van der Waals surface area contributed by atoms with Crippen molar-refractivity contribution in [3.8, 4) is 17.3 Å². The lowest BCUT2D eigenvalue weighted by atomic mass is 10.1. The van der Waals surface area contributed by atoms with Crippen LogP contribution in [0, 0.1) is 0 Å². The molecule has 0 bridgehead atoms. The van der Waals surface area contributed by atoms with Crippen molar-refractivity contribution in [2.75, 3.05) is 0 Å². The van der Waals surface area contributed by atoms with Crippen LogP contribution in [0.4, 0.5) is 0 Å². The van der Waals surface area contributed by atoms with Gasteiger partial charge in [0.25, 0.3) is 5.56 Å². The van der Waals surface area contributed by atoms with E-state index >= 15 is 0 Å². The van der Waals surface area contributed by atoms with Gasteiger partial charge >= 0.3 is 5.97 Å². The first-order valence-corrected chi connectivity index (χ1v) is 14.0. The summed E-state index contributed by atoms with van der Waals surface area (Å²) in [6.45, 7) is 0.144. The van der Waals surface area contributed by atoms with Gasteiger partial charge in [-0.2, -0.15) is 9.78 Å². The van der Waals surface area contributed by atoms with E-state index in [0.29, 0.717) is 48.1 Å². The third-order valence-electron chi connectivity index (χ3n) is 6.39. The number of carbonyl (C=O) groups is 1. The first kappa shape index (κ1) is 27.7. The fourth-order valence-corrected chi connectivity index (χ4v) is 5.49. The van der Waals surface area contributed by atoms with E-state index in [1.54, 1.807) is 72.8 Å². The molecule has 11 heteroatoms. The van der Waals surface area contributed by atoms with Crippen molar-refractivity contribution >= 4 is 73.2 Å². The summed E-state index contributed by atoms with van der Waals surface area (Å²) >= 11 is 16.0. The molecule has 208 valence electrons. The topological polar surface area (TPSA) is 107 Å². The van der Waals surface area contributed by atoms with Crippen LogP contribution in [0.2, 0.25) is 10.0 Å². The number of ether oxygens (including phenoxy) is 1. The number of furan rings is 1. The van der Waals surface area contributed by atoms with Crippen LogP contribution in [-0.2, 0) is 6.61 Å². The zero-order valence-corrected chi connectivity index (χ0v) is 24.5. The molecule has 6 rings (SSSR count). The van der Waals surface area contributed by atoms with E-state index in [9.17, 15) is 9.59 Å². The Balaban J connectivity index is 1.42. The number of nitrogens with zero attached hydrogens (tertiary/aromatic N) is 3. The average molecular weight is 663 g/mol. The number of benzene rings is 4. The molecule has 0 aliphatic rings. The number of hydrogen-bond acceptors (Lipinski definition) is 6. The molecule has 0 saturated heterocycles. The summed E-state index contributed by atoms with van der Waals surface area (Å²) in [5, 5.41) is 15.8. The van der Waals surface area contributed by atoms with Crippen LogP contribution >= 0.6 is 39.1 Å². The monoisotopic (exact) mass is 661 g/mol. The largest absolute Gasteiger partial charge is 0.487 e. The minimum Gasteiger partial charge on any atom is -0.487 e. The second kappa shape index (κ2) is 11.4. The highest BCUT2D eigenvalue weighted by Gasteiger charge is 2.17. The van der Waals surface area contributed by atoms with Gasteiger partial charge in [-0.15, -0.1) is 0 Å². The Morgan fingerprint density at radius 2 is 1.81 bits per heavy atom. The number of para-hydroxylation sites is 1. The van der Waals surface area contributed by atoms with E-state index < -0.39 is 11.5 Å². The van der Waals surface area contributed by atoms with E-state index in [-0.39, 0.29) is 18.0 Å². The molecule has 42 heavy (non-hydrogen) atoms. The summed E-state index contributed by atoms with van der Waals surface area (Å²) in [5.41, 5.74) is 2.10. The lowest BCUT2D eigenvalue weighted by Crippen LogP contribution is -2.20. The zero-order chi connectivity index (χ0) is 29.4. The molecule has 0 aliphatic heterocycles. The Morgan fingerprint density at radius 3 is 2.60 bits per heavy atom. The zero-order valence-electron chi connectivity index (χ0n) is 21.4. The highest BCUT2D eigenvalue weighted by atomic mass is 79.9. The number of aromatic carboxylic acids is 1. The van der Waals surface area contributed by atoms with E-state index in [1.807, 2.05) is 0 Å². The van der Waals surface area contributed by atoms with Crippen LogP contribution < -0.4 is 10.3 Å². The molecule has 0 saturated carbocycles. The normalized spacial score (nSPS) is 11.5. The number of halogens is 3. The van der Waals surface area contributed by atoms with E-state index in [0.717, 1.165) is 10.9 Å². The van der Waals surface area contributed by atoms with Gasteiger partial charge in [0.05, 0.1) is 27.2 Å². The number of fused-ring (bicyclic) bond motifs is 2. The van der Waals surface area contributed by atoms with Crippen molar-refractivity contribution < 1.29 is 19.1 Å². The molecule has 0 spiro atoms. The first-order chi connectivity index (χ1) is 20.3. The van der Waals surface area contributed by atoms with Crippen molar-refractivity contribution in [1.82, 2.24) is 9.66 Å². The van der Waals surface area contributed by atoms with Crippen molar-refractivity contribution in [3.63, 3.8) is 0 Å². The van der Waals surface area contributed by atoms with Crippen LogP contribution in [0.25, 0.3) is 33.5 Å². The number of carboxylic acid groups (broad SMARTS) is 1. The van der Waals surface area contributed by atoms with Crippen LogP contribution in [0.15, 0.2) is 104 Å². The third-order valence-corrected chi connectivity index (χ3v) is 7.43. The summed E-state index contributed by atoms with van der Waals surface area (Å²) in [6, 6.07) is 23.7. The van der Waals surface area contributed by atoms with Gasteiger partial charge in [-0.3, -0.25) is 4.79 Å². The maximum absolute atomic E-state index is 13.7. The molecule has 0 aliphatic carbocycles. The van der Waals surface area contributed by atoms with Crippen molar-refractivity contribution in [3.05, 3.63) is 126 Å². The molecule has 1 N–H and O–H groups in total. The van der Waals surface area contributed by atoms with Crippen molar-refractivity contribution in [1.29, 1.82) is 0 Å². The van der Waals surface area contributed by atoms with E-state index in [1.165, 1.54) is 23.0 Å². The summed E-state index contributed by atoms with van der Waals surface area (Å²) in [6.07, 6.45) is 1.46. The lowest BCUT2D eigenvalue weighted by Gasteiger charge is -2.13. The highest BCUT2D eigenvalue weighted by Crippen LogP contribution is 2.33. The predicted octanol–water partition coefficient (Wildman–Crippen LogP) is 8.04.